The maximum atomic E-state index is 12.1. The Hall–Kier alpha value is -1.82. The van der Waals surface area contributed by atoms with Crippen LogP contribution in [0, 0.1) is 6.92 Å². The molecule has 1 N–H and O–H groups in total. The maximum Gasteiger partial charge on any atom is 0.254 e. The Bertz CT molecular complexity index is 571. The number of aromatic nitrogens is 2. The Morgan fingerprint density at radius 2 is 2.00 bits per heavy atom. The minimum atomic E-state index is -0.168. The summed E-state index contributed by atoms with van der Waals surface area (Å²) in [5, 5.41) is 0.590. The molecule has 1 aromatic heterocycles. The van der Waals surface area contributed by atoms with Gasteiger partial charge < -0.3 is 9.88 Å². The zero-order valence-electron chi connectivity index (χ0n) is 12.5. The van der Waals surface area contributed by atoms with Crippen LogP contribution in [-0.2, 0) is 11.2 Å². The summed E-state index contributed by atoms with van der Waals surface area (Å²) in [6.07, 6.45) is 5.85. The monoisotopic (exact) mass is 307 g/mol. The lowest BCUT2D eigenvalue weighted by molar-refractivity contribution is -0.130. The van der Waals surface area contributed by atoms with Crippen LogP contribution < -0.4 is 5.56 Å². The number of aryl methyl sites for hydroxylation is 1. The summed E-state index contributed by atoms with van der Waals surface area (Å²) in [6, 6.07) is 0. The van der Waals surface area contributed by atoms with E-state index in [2.05, 4.69) is 23.1 Å². The Labute approximate surface area is 129 Å². The van der Waals surface area contributed by atoms with Gasteiger partial charge in [0.05, 0.1) is 0 Å². The molecule has 0 spiro atoms. The first-order valence-electron chi connectivity index (χ1n) is 6.66. The van der Waals surface area contributed by atoms with E-state index >= 15 is 0 Å². The van der Waals surface area contributed by atoms with Gasteiger partial charge in [0.25, 0.3) is 5.56 Å². The molecule has 5 nitrogen and oxygen atoms in total. The number of thioether (sulfide) groups is 1. The fraction of sp³-hybridized carbons (Fsp3) is 0.400. The van der Waals surface area contributed by atoms with Crippen LogP contribution in [0.15, 0.2) is 35.3 Å². The summed E-state index contributed by atoms with van der Waals surface area (Å²) in [4.78, 5) is 32.8. The number of hydrogen-bond donors (Lipinski definition) is 1. The molecule has 0 fully saturated rings. The van der Waals surface area contributed by atoms with Crippen molar-refractivity contribution >= 4 is 17.7 Å². The van der Waals surface area contributed by atoms with E-state index in [-0.39, 0.29) is 17.9 Å². The zero-order valence-corrected chi connectivity index (χ0v) is 13.3. The van der Waals surface area contributed by atoms with Crippen LogP contribution in [0.2, 0.25) is 0 Å². The summed E-state index contributed by atoms with van der Waals surface area (Å²) in [7, 11) is 0. The van der Waals surface area contributed by atoms with Gasteiger partial charge in [-0.05, 0) is 19.6 Å². The SMILES string of the molecule is C=CCN(CC=C)C(=O)CCc1c(C)nc(SC)[nH]c1=O. The molecule has 0 aliphatic heterocycles. The van der Waals surface area contributed by atoms with Crippen LogP contribution in [0.1, 0.15) is 17.7 Å². The molecule has 0 aliphatic rings. The highest BCUT2D eigenvalue weighted by atomic mass is 32.2. The molecule has 0 saturated heterocycles. The van der Waals surface area contributed by atoms with Crippen LogP contribution in [0.3, 0.4) is 0 Å². The molecule has 0 aliphatic carbocycles. The van der Waals surface area contributed by atoms with Gasteiger partial charge in [-0.15, -0.1) is 13.2 Å². The van der Waals surface area contributed by atoms with Crippen molar-refractivity contribution in [3.8, 4) is 0 Å². The van der Waals surface area contributed by atoms with Crippen LogP contribution in [-0.4, -0.2) is 40.1 Å². The molecular weight excluding hydrogens is 286 g/mol. The predicted molar refractivity (Wildman–Crippen MR) is 86.7 cm³/mol. The fourth-order valence-corrected chi connectivity index (χ4v) is 2.38. The van der Waals surface area contributed by atoms with E-state index in [1.54, 1.807) is 24.0 Å². The number of carbonyl (C=O) groups excluding carboxylic acids is 1. The first-order chi connectivity index (χ1) is 10.0. The van der Waals surface area contributed by atoms with Gasteiger partial charge in [0.1, 0.15) is 0 Å². The largest absolute Gasteiger partial charge is 0.335 e. The van der Waals surface area contributed by atoms with Crippen molar-refractivity contribution in [1.29, 1.82) is 0 Å². The van der Waals surface area contributed by atoms with E-state index in [0.717, 1.165) is 0 Å². The lowest BCUT2D eigenvalue weighted by atomic mass is 10.1. The third-order valence-corrected chi connectivity index (χ3v) is 3.61. The van der Waals surface area contributed by atoms with E-state index in [4.69, 9.17) is 0 Å². The molecule has 1 heterocycles. The highest BCUT2D eigenvalue weighted by Crippen LogP contribution is 2.10. The molecule has 1 amide bonds. The smallest absolute Gasteiger partial charge is 0.254 e. The van der Waals surface area contributed by atoms with Crippen molar-refractivity contribution in [2.45, 2.75) is 24.9 Å². The summed E-state index contributed by atoms with van der Waals surface area (Å²) in [6.45, 7) is 10.0. The third kappa shape index (κ3) is 4.90. The first-order valence-corrected chi connectivity index (χ1v) is 7.89. The normalized spacial score (nSPS) is 10.2. The van der Waals surface area contributed by atoms with Crippen molar-refractivity contribution in [1.82, 2.24) is 14.9 Å². The molecule has 6 heteroatoms. The van der Waals surface area contributed by atoms with Gasteiger partial charge in [-0.3, -0.25) is 9.59 Å². The number of H-pyrrole nitrogens is 1. The average Bonchev–Trinajstić information content (AvgIpc) is 2.45. The molecule has 1 aromatic rings. The molecule has 0 unspecified atom stereocenters. The van der Waals surface area contributed by atoms with Crippen LogP contribution in [0.25, 0.3) is 0 Å². The van der Waals surface area contributed by atoms with Gasteiger partial charge in [-0.25, -0.2) is 4.98 Å². The molecule has 1 rings (SSSR count). The summed E-state index contributed by atoms with van der Waals surface area (Å²) in [5.74, 6) is -0.0254. The Morgan fingerprint density at radius 3 is 2.48 bits per heavy atom. The molecule has 0 bridgehead atoms. The number of amides is 1. The van der Waals surface area contributed by atoms with Gasteiger partial charge in [0.15, 0.2) is 5.16 Å². The van der Waals surface area contributed by atoms with Crippen LogP contribution in [0.5, 0.6) is 0 Å². The number of aromatic amines is 1. The summed E-state index contributed by atoms with van der Waals surface area (Å²) >= 11 is 1.38. The van der Waals surface area contributed by atoms with Gasteiger partial charge in [0.2, 0.25) is 5.91 Å². The van der Waals surface area contributed by atoms with E-state index in [0.29, 0.717) is 35.9 Å². The molecular formula is C15H21N3O2S. The highest BCUT2D eigenvalue weighted by molar-refractivity contribution is 7.98. The molecule has 0 aromatic carbocycles. The lowest BCUT2D eigenvalue weighted by Crippen LogP contribution is -2.32. The van der Waals surface area contributed by atoms with Gasteiger partial charge in [-0.2, -0.15) is 0 Å². The van der Waals surface area contributed by atoms with E-state index in [1.165, 1.54) is 11.8 Å². The molecule has 114 valence electrons. The molecule has 0 radical (unpaired) electrons. The van der Waals surface area contributed by atoms with E-state index in [1.807, 2.05) is 6.26 Å². The molecule has 21 heavy (non-hydrogen) atoms. The van der Waals surface area contributed by atoms with Crippen LogP contribution in [0.4, 0.5) is 0 Å². The molecule has 0 saturated carbocycles. The van der Waals surface area contributed by atoms with E-state index in [9.17, 15) is 9.59 Å². The number of carbonyl (C=O) groups is 1. The Morgan fingerprint density at radius 1 is 1.38 bits per heavy atom. The quantitative estimate of drug-likeness (QED) is 0.453. The average molecular weight is 307 g/mol. The second kappa shape index (κ2) is 8.46. The second-order valence-corrected chi connectivity index (χ2v) is 5.31. The van der Waals surface area contributed by atoms with E-state index < -0.39 is 0 Å². The third-order valence-electron chi connectivity index (χ3n) is 3.03. The predicted octanol–water partition coefficient (Wildman–Crippen LogP) is 1.93. The Kier molecular flexibility index (Phi) is 6.94. The summed E-state index contributed by atoms with van der Waals surface area (Å²) < 4.78 is 0. The van der Waals surface area contributed by atoms with Crippen molar-refractivity contribution < 1.29 is 4.79 Å². The van der Waals surface area contributed by atoms with Gasteiger partial charge >= 0.3 is 0 Å². The van der Waals surface area contributed by atoms with Crippen molar-refractivity contribution in [3.63, 3.8) is 0 Å². The Balaban J connectivity index is 2.78. The minimum Gasteiger partial charge on any atom is -0.335 e. The maximum absolute atomic E-state index is 12.1. The van der Waals surface area contributed by atoms with Crippen molar-refractivity contribution in [3.05, 3.63) is 46.9 Å². The number of hydrogen-bond acceptors (Lipinski definition) is 4. The number of nitrogens with one attached hydrogen (secondary N) is 1. The zero-order chi connectivity index (χ0) is 15.8. The lowest BCUT2D eigenvalue weighted by Gasteiger charge is -2.19. The summed E-state index contributed by atoms with van der Waals surface area (Å²) in [5.41, 5.74) is 1.08. The van der Waals surface area contributed by atoms with Crippen molar-refractivity contribution in [2.75, 3.05) is 19.3 Å². The van der Waals surface area contributed by atoms with Crippen molar-refractivity contribution in [2.24, 2.45) is 0 Å². The van der Waals surface area contributed by atoms with Crippen LogP contribution >= 0.6 is 11.8 Å². The minimum absolute atomic E-state index is 0.0254. The highest BCUT2D eigenvalue weighted by Gasteiger charge is 2.14. The standard InChI is InChI=1S/C15H21N3O2S/c1-5-9-18(10-6-2)13(19)8-7-12-11(3)16-15(21-4)17-14(12)20/h5-6H,1-2,7-10H2,3-4H3,(H,16,17,20). The first kappa shape index (κ1) is 17.2. The fourth-order valence-electron chi connectivity index (χ4n) is 1.96. The number of rotatable bonds is 8. The second-order valence-electron chi connectivity index (χ2n) is 4.52. The topological polar surface area (TPSA) is 66.1 Å². The number of nitrogens with zero attached hydrogens (tertiary/aromatic N) is 2. The van der Waals surface area contributed by atoms with Gasteiger partial charge in [-0.1, -0.05) is 23.9 Å². The molecule has 0 atom stereocenters. The van der Waals surface area contributed by atoms with Gasteiger partial charge in [0, 0.05) is 30.8 Å².